The van der Waals surface area contributed by atoms with Gasteiger partial charge < -0.3 is 15.8 Å². The van der Waals surface area contributed by atoms with Gasteiger partial charge in [-0.25, -0.2) is 0 Å². The lowest BCUT2D eigenvalue weighted by molar-refractivity contribution is 0.398. The molecule has 0 aromatic carbocycles. The number of hydrogen-bond acceptors (Lipinski definition) is 5. The van der Waals surface area contributed by atoms with Crippen molar-refractivity contribution in [2.24, 2.45) is 0 Å². The zero-order valence-corrected chi connectivity index (χ0v) is 10.3. The Morgan fingerprint density at radius 3 is 3.06 bits per heavy atom. The van der Waals surface area contributed by atoms with Crippen molar-refractivity contribution in [2.75, 3.05) is 24.7 Å². The number of aromatic nitrogens is 3. The lowest BCUT2D eigenvalue weighted by Crippen LogP contribution is -2.09. The predicted molar refractivity (Wildman–Crippen MR) is 70.5 cm³/mol. The zero-order valence-electron chi connectivity index (χ0n) is 10.3. The second-order valence-electron chi connectivity index (χ2n) is 3.84. The van der Waals surface area contributed by atoms with Crippen molar-refractivity contribution in [3.05, 3.63) is 30.6 Å². The maximum atomic E-state index is 5.82. The van der Waals surface area contributed by atoms with E-state index >= 15 is 0 Å². The van der Waals surface area contributed by atoms with E-state index in [-0.39, 0.29) is 0 Å². The number of nitrogen functional groups attached to an aromatic ring is 1. The van der Waals surface area contributed by atoms with E-state index in [2.05, 4.69) is 15.4 Å². The molecule has 18 heavy (non-hydrogen) atoms. The molecule has 2 aromatic heterocycles. The quantitative estimate of drug-likeness (QED) is 0.754. The molecule has 2 aromatic rings. The summed E-state index contributed by atoms with van der Waals surface area (Å²) in [5.41, 5.74) is 6.44. The summed E-state index contributed by atoms with van der Waals surface area (Å²) in [6, 6.07) is 5.43. The van der Waals surface area contributed by atoms with Crippen LogP contribution in [0.1, 0.15) is 6.42 Å². The summed E-state index contributed by atoms with van der Waals surface area (Å²) in [5.74, 6) is 1.22. The van der Waals surface area contributed by atoms with Crippen LogP contribution in [0, 0.1) is 0 Å². The Labute approximate surface area is 106 Å². The average molecular weight is 247 g/mol. The molecule has 6 nitrogen and oxygen atoms in total. The Balaban J connectivity index is 1.82. The Bertz CT molecular complexity index is 483. The first-order valence-electron chi connectivity index (χ1n) is 5.81. The highest BCUT2D eigenvalue weighted by Gasteiger charge is 2.02. The molecular weight excluding hydrogens is 230 g/mol. The van der Waals surface area contributed by atoms with E-state index in [1.54, 1.807) is 25.4 Å². The minimum atomic E-state index is 0.554. The maximum Gasteiger partial charge on any atom is 0.215 e. The van der Waals surface area contributed by atoms with Gasteiger partial charge in [0.2, 0.25) is 5.88 Å². The molecule has 0 aliphatic rings. The van der Waals surface area contributed by atoms with Crippen LogP contribution in [-0.4, -0.2) is 28.4 Å². The van der Waals surface area contributed by atoms with E-state index in [1.165, 1.54) is 0 Å². The second kappa shape index (κ2) is 5.90. The molecule has 2 rings (SSSR count). The second-order valence-corrected chi connectivity index (χ2v) is 3.84. The van der Waals surface area contributed by atoms with Gasteiger partial charge in [0, 0.05) is 31.5 Å². The number of rotatable bonds is 6. The minimum absolute atomic E-state index is 0.554. The molecule has 2 heterocycles. The summed E-state index contributed by atoms with van der Waals surface area (Å²) >= 11 is 0. The predicted octanol–water partition coefficient (Wildman–Crippen LogP) is 1.37. The molecule has 0 amide bonds. The molecule has 3 N–H and O–H groups in total. The number of ether oxygens (including phenoxy) is 1. The molecule has 0 unspecified atom stereocenters. The molecule has 0 saturated heterocycles. The molecule has 0 spiro atoms. The Hall–Kier alpha value is -2.24. The maximum absolute atomic E-state index is 5.82. The van der Waals surface area contributed by atoms with Gasteiger partial charge in [-0.2, -0.15) is 10.1 Å². The zero-order chi connectivity index (χ0) is 12.8. The Morgan fingerprint density at radius 2 is 2.33 bits per heavy atom. The number of methoxy groups -OCH3 is 1. The lowest BCUT2D eigenvalue weighted by Gasteiger charge is -2.09. The van der Waals surface area contributed by atoms with Crippen LogP contribution in [0.15, 0.2) is 30.6 Å². The highest BCUT2D eigenvalue weighted by Crippen LogP contribution is 2.19. The third-order valence-electron chi connectivity index (χ3n) is 2.53. The van der Waals surface area contributed by atoms with Gasteiger partial charge in [-0.15, -0.1) is 0 Å². The number of anilines is 2. The summed E-state index contributed by atoms with van der Waals surface area (Å²) in [4.78, 5) is 4.24. The summed E-state index contributed by atoms with van der Waals surface area (Å²) in [5, 5.41) is 7.33. The van der Waals surface area contributed by atoms with Gasteiger partial charge in [0.25, 0.3) is 0 Å². The van der Waals surface area contributed by atoms with E-state index in [0.29, 0.717) is 17.4 Å². The number of nitrogens with one attached hydrogen (secondary N) is 1. The van der Waals surface area contributed by atoms with Crippen LogP contribution in [0.2, 0.25) is 0 Å². The largest absolute Gasteiger partial charge is 0.481 e. The summed E-state index contributed by atoms with van der Waals surface area (Å²) in [6.45, 7) is 1.65. The van der Waals surface area contributed by atoms with Gasteiger partial charge in [0.15, 0.2) is 5.82 Å². The normalized spacial score (nSPS) is 10.3. The molecule has 0 radical (unpaired) electrons. The smallest absolute Gasteiger partial charge is 0.215 e. The van der Waals surface area contributed by atoms with Crippen LogP contribution in [-0.2, 0) is 6.54 Å². The first-order chi connectivity index (χ1) is 8.79. The van der Waals surface area contributed by atoms with Gasteiger partial charge in [-0.1, -0.05) is 0 Å². The fourth-order valence-corrected chi connectivity index (χ4v) is 1.59. The molecule has 6 heteroatoms. The molecule has 0 bridgehead atoms. The standard InChI is InChI=1S/C12H17N5O/c1-18-11-5-4-10(13)12(16-11)14-6-2-8-17-9-3-7-15-17/h3-5,7,9H,2,6,8,13H2,1H3,(H,14,16). The highest BCUT2D eigenvalue weighted by atomic mass is 16.5. The third kappa shape index (κ3) is 3.13. The van der Waals surface area contributed by atoms with E-state index in [0.717, 1.165) is 19.5 Å². The molecule has 0 saturated carbocycles. The Morgan fingerprint density at radius 1 is 1.44 bits per heavy atom. The molecule has 0 aliphatic heterocycles. The fraction of sp³-hybridized carbons (Fsp3) is 0.333. The van der Waals surface area contributed by atoms with Crippen molar-refractivity contribution >= 4 is 11.5 Å². The average Bonchev–Trinajstić information content (AvgIpc) is 2.89. The van der Waals surface area contributed by atoms with Crippen LogP contribution in [0.3, 0.4) is 0 Å². The molecule has 0 fully saturated rings. The third-order valence-corrected chi connectivity index (χ3v) is 2.53. The molecular formula is C12H17N5O. The van der Waals surface area contributed by atoms with Crippen LogP contribution in [0.25, 0.3) is 0 Å². The van der Waals surface area contributed by atoms with E-state index in [4.69, 9.17) is 10.5 Å². The van der Waals surface area contributed by atoms with Crippen LogP contribution in [0.4, 0.5) is 11.5 Å². The van der Waals surface area contributed by atoms with Crippen LogP contribution < -0.4 is 15.8 Å². The molecule has 96 valence electrons. The van der Waals surface area contributed by atoms with Crippen molar-refractivity contribution in [3.8, 4) is 5.88 Å². The SMILES string of the molecule is COc1ccc(N)c(NCCCn2cccn2)n1. The van der Waals surface area contributed by atoms with Crippen molar-refractivity contribution in [1.82, 2.24) is 14.8 Å². The van der Waals surface area contributed by atoms with Gasteiger partial charge in [0.1, 0.15) is 0 Å². The van der Waals surface area contributed by atoms with Gasteiger partial charge in [-0.3, -0.25) is 4.68 Å². The monoisotopic (exact) mass is 247 g/mol. The van der Waals surface area contributed by atoms with Crippen molar-refractivity contribution in [1.29, 1.82) is 0 Å². The number of nitrogens with two attached hydrogens (primary N) is 1. The summed E-state index contributed by atoms with van der Waals surface area (Å²) in [6.07, 6.45) is 4.66. The van der Waals surface area contributed by atoms with E-state index in [1.807, 2.05) is 16.9 Å². The topological polar surface area (TPSA) is 78.0 Å². The molecule has 0 atom stereocenters. The van der Waals surface area contributed by atoms with Gasteiger partial charge in [-0.05, 0) is 18.6 Å². The fourth-order valence-electron chi connectivity index (χ4n) is 1.59. The number of aryl methyl sites for hydroxylation is 1. The number of pyridine rings is 1. The first-order valence-corrected chi connectivity index (χ1v) is 5.81. The lowest BCUT2D eigenvalue weighted by atomic mass is 10.3. The first kappa shape index (κ1) is 12.2. The van der Waals surface area contributed by atoms with Crippen molar-refractivity contribution in [2.45, 2.75) is 13.0 Å². The summed E-state index contributed by atoms with van der Waals surface area (Å²) in [7, 11) is 1.58. The summed E-state index contributed by atoms with van der Waals surface area (Å²) < 4.78 is 6.95. The van der Waals surface area contributed by atoms with Crippen molar-refractivity contribution in [3.63, 3.8) is 0 Å². The van der Waals surface area contributed by atoms with E-state index < -0.39 is 0 Å². The highest BCUT2D eigenvalue weighted by molar-refractivity contribution is 5.61. The number of nitrogens with zero attached hydrogens (tertiary/aromatic N) is 3. The van der Waals surface area contributed by atoms with Crippen LogP contribution >= 0.6 is 0 Å². The van der Waals surface area contributed by atoms with E-state index in [9.17, 15) is 0 Å². The van der Waals surface area contributed by atoms with Gasteiger partial charge >= 0.3 is 0 Å². The number of hydrogen-bond donors (Lipinski definition) is 2. The Kier molecular flexibility index (Phi) is 4.01. The van der Waals surface area contributed by atoms with Crippen molar-refractivity contribution < 1.29 is 4.74 Å². The van der Waals surface area contributed by atoms with Crippen LogP contribution in [0.5, 0.6) is 5.88 Å². The van der Waals surface area contributed by atoms with Gasteiger partial charge in [0.05, 0.1) is 12.8 Å². The minimum Gasteiger partial charge on any atom is -0.481 e. The molecule has 0 aliphatic carbocycles.